The smallest absolute Gasteiger partial charge is 0.253 e. The topological polar surface area (TPSA) is 74.9 Å². The first kappa shape index (κ1) is 19.1. The highest BCUT2D eigenvalue weighted by Crippen LogP contribution is 2.17. The minimum atomic E-state index is -0.143. The zero-order valence-electron chi connectivity index (χ0n) is 14.9. The first-order valence-corrected chi connectivity index (χ1v) is 8.93. The van der Waals surface area contributed by atoms with Gasteiger partial charge in [0, 0.05) is 38.3 Å². The summed E-state index contributed by atoms with van der Waals surface area (Å²) in [6, 6.07) is 7.00. The van der Waals surface area contributed by atoms with Crippen molar-refractivity contribution in [1.82, 2.24) is 9.47 Å². The largest absolute Gasteiger partial charge is 0.395 e. The summed E-state index contributed by atoms with van der Waals surface area (Å²) in [6.07, 6.45) is 0. The maximum Gasteiger partial charge on any atom is 0.253 e. The molecule has 0 fully saturated rings. The van der Waals surface area contributed by atoms with Gasteiger partial charge in [0.2, 0.25) is 0 Å². The summed E-state index contributed by atoms with van der Waals surface area (Å²) in [4.78, 5) is 31.5. The first-order chi connectivity index (χ1) is 11.9. The van der Waals surface area contributed by atoms with Gasteiger partial charge in [-0.1, -0.05) is 11.3 Å². The van der Waals surface area contributed by atoms with Crippen LogP contribution in [0.1, 0.15) is 39.6 Å². The second kappa shape index (κ2) is 8.22. The van der Waals surface area contributed by atoms with E-state index in [0.29, 0.717) is 12.1 Å². The Kier molecular flexibility index (Phi) is 6.27. The summed E-state index contributed by atoms with van der Waals surface area (Å²) in [5.41, 5.74) is 2.20. The molecule has 0 radical (unpaired) electrons. The third-order valence-corrected chi connectivity index (χ3v) is 5.20. The molecule has 0 saturated carbocycles. The van der Waals surface area contributed by atoms with E-state index in [1.165, 1.54) is 16.2 Å². The number of carbonyl (C=O) groups is 2. The standard InChI is InChI=1S/C18H23N3O3S/c1-5-21-12(2)16(13(3)23)25-18(21)19-15-8-6-14(7-9-15)17(24)20(4)10-11-22/h6-9,22H,5,10-11H2,1-4H3/b19-18+. The second-order valence-corrected chi connectivity index (χ2v) is 6.69. The van der Waals surface area contributed by atoms with Crippen LogP contribution in [0.3, 0.4) is 0 Å². The fourth-order valence-corrected chi connectivity index (χ4v) is 3.64. The van der Waals surface area contributed by atoms with Crippen molar-refractivity contribution in [2.45, 2.75) is 27.3 Å². The van der Waals surface area contributed by atoms with Gasteiger partial charge in [0.05, 0.1) is 17.2 Å². The number of thiazole rings is 1. The van der Waals surface area contributed by atoms with Crippen LogP contribution in [-0.4, -0.2) is 46.5 Å². The summed E-state index contributed by atoms with van der Waals surface area (Å²) in [7, 11) is 1.65. The Balaban J connectivity index is 2.35. The van der Waals surface area contributed by atoms with E-state index in [-0.39, 0.29) is 18.3 Å². The van der Waals surface area contributed by atoms with Gasteiger partial charge in [-0.15, -0.1) is 0 Å². The van der Waals surface area contributed by atoms with Gasteiger partial charge in [0.1, 0.15) is 0 Å². The van der Waals surface area contributed by atoms with Crippen molar-refractivity contribution in [3.8, 4) is 0 Å². The Morgan fingerprint density at radius 1 is 1.28 bits per heavy atom. The molecule has 25 heavy (non-hydrogen) atoms. The van der Waals surface area contributed by atoms with Crippen molar-refractivity contribution in [2.75, 3.05) is 20.2 Å². The molecule has 2 aromatic rings. The third kappa shape index (κ3) is 4.24. The fraction of sp³-hybridized carbons (Fsp3) is 0.389. The van der Waals surface area contributed by atoms with Gasteiger partial charge in [-0.2, -0.15) is 0 Å². The molecule has 7 heteroatoms. The molecule has 2 rings (SSSR count). The molecule has 0 aliphatic heterocycles. The lowest BCUT2D eigenvalue weighted by atomic mass is 10.2. The van der Waals surface area contributed by atoms with Crippen LogP contribution in [0.4, 0.5) is 5.69 Å². The molecule has 1 aromatic heterocycles. The van der Waals surface area contributed by atoms with E-state index in [0.717, 1.165) is 27.6 Å². The monoisotopic (exact) mass is 361 g/mol. The summed E-state index contributed by atoms with van der Waals surface area (Å²) in [5, 5.41) is 8.92. The molecule has 0 saturated heterocycles. The number of aromatic nitrogens is 1. The lowest BCUT2D eigenvalue weighted by molar-refractivity contribution is 0.0767. The van der Waals surface area contributed by atoms with Gasteiger partial charge >= 0.3 is 0 Å². The van der Waals surface area contributed by atoms with Gasteiger partial charge in [0.25, 0.3) is 5.91 Å². The number of Topliss-reactive ketones (excluding diaryl/α,β-unsaturated/α-hetero) is 1. The van der Waals surface area contributed by atoms with Crippen molar-refractivity contribution < 1.29 is 14.7 Å². The summed E-state index contributed by atoms with van der Waals surface area (Å²) >= 11 is 1.38. The predicted octanol–water partition coefficient (Wildman–Crippen LogP) is 2.38. The highest BCUT2D eigenvalue weighted by atomic mass is 32.1. The zero-order chi connectivity index (χ0) is 18.6. The molecule has 1 amide bonds. The number of hydrogen-bond acceptors (Lipinski definition) is 5. The van der Waals surface area contributed by atoms with Crippen LogP contribution in [0.15, 0.2) is 29.3 Å². The zero-order valence-corrected chi connectivity index (χ0v) is 15.8. The summed E-state index contributed by atoms with van der Waals surface area (Å²) in [6.45, 7) is 6.46. The molecule has 134 valence electrons. The van der Waals surface area contributed by atoms with Crippen LogP contribution < -0.4 is 4.80 Å². The Morgan fingerprint density at radius 3 is 2.44 bits per heavy atom. The minimum absolute atomic E-state index is 0.0408. The first-order valence-electron chi connectivity index (χ1n) is 8.11. The molecule has 6 nitrogen and oxygen atoms in total. The van der Waals surface area contributed by atoms with E-state index >= 15 is 0 Å². The fourth-order valence-electron chi connectivity index (χ4n) is 2.53. The lowest BCUT2D eigenvalue weighted by Gasteiger charge is -2.15. The van der Waals surface area contributed by atoms with Gasteiger partial charge in [0.15, 0.2) is 10.6 Å². The van der Waals surface area contributed by atoms with E-state index in [4.69, 9.17) is 5.11 Å². The van der Waals surface area contributed by atoms with Crippen LogP contribution >= 0.6 is 11.3 Å². The number of rotatable bonds is 6. The lowest BCUT2D eigenvalue weighted by Crippen LogP contribution is -2.29. The molecule has 0 unspecified atom stereocenters. The molecule has 0 bridgehead atoms. The average Bonchev–Trinajstić information content (AvgIpc) is 2.90. The number of aliphatic hydroxyl groups excluding tert-OH is 1. The molecule has 0 aliphatic rings. The number of carbonyl (C=O) groups excluding carboxylic acids is 2. The molecule has 1 aromatic carbocycles. The Labute approximate surface area is 151 Å². The highest BCUT2D eigenvalue weighted by molar-refractivity contribution is 7.11. The van der Waals surface area contributed by atoms with E-state index in [1.807, 2.05) is 18.4 Å². The van der Waals surface area contributed by atoms with Crippen LogP contribution in [0.25, 0.3) is 0 Å². The number of amides is 1. The second-order valence-electron chi connectivity index (χ2n) is 5.71. The Hall–Kier alpha value is -2.25. The van der Waals surface area contributed by atoms with Crippen molar-refractivity contribution in [1.29, 1.82) is 0 Å². The van der Waals surface area contributed by atoms with Crippen molar-refractivity contribution >= 4 is 28.7 Å². The maximum atomic E-state index is 12.2. The Morgan fingerprint density at radius 2 is 1.92 bits per heavy atom. The number of likely N-dealkylation sites (N-methyl/N-ethyl adjacent to an activating group) is 1. The molecule has 0 aliphatic carbocycles. The average molecular weight is 361 g/mol. The number of nitrogens with zero attached hydrogens (tertiary/aromatic N) is 3. The van der Waals surface area contributed by atoms with Crippen LogP contribution in [0, 0.1) is 6.92 Å². The Bertz CT molecular complexity index is 834. The molecule has 0 atom stereocenters. The van der Waals surface area contributed by atoms with Gasteiger partial charge in [-0.05, 0) is 38.1 Å². The van der Waals surface area contributed by atoms with E-state index < -0.39 is 0 Å². The van der Waals surface area contributed by atoms with E-state index in [2.05, 4.69) is 4.99 Å². The third-order valence-electron chi connectivity index (χ3n) is 3.91. The SMILES string of the molecule is CCn1c(C)c(C(C)=O)s/c1=N/c1ccc(C(=O)N(C)CCO)cc1. The molecular formula is C18H23N3O3S. The molecule has 0 spiro atoms. The van der Waals surface area contributed by atoms with Gasteiger partial charge in [-0.25, -0.2) is 4.99 Å². The molecule has 1 heterocycles. The minimum Gasteiger partial charge on any atom is -0.395 e. The summed E-state index contributed by atoms with van der Waals surface area (Å²) < 4.78 is 2.01. The number of ketones is 1. The molecular weight excluding hydrogens is 338 g/mol. The summed E-state index contributed by atoms with van der Waals surface area (Å²) in [5.74, 6) is -0.103. The van der Waals surface area contributed by atoms with Crippen molar-refractivity contribution in [3.63, 3.8) is 0 Å². The van der Waals surface area contributed by atoms with Crippen LogP contribution in [-0.2, 0) is 6.54 Å². The predicted molar refractivity (Wildman–Crippen MR) is 98.4 cm³/mol. The number of hydrogen-bond donors (Lipinski definition) is 1. The van der Waals surface area contributed by atoms with Crippen molar-refractivity contribution in [2.24, 2.45) is 4.99 Å². The normalized spacial score (nSPS) is 11.6. The number of aliphatic hydroxyl groups is 1. The highest BCUT2D eigenvalue weighted by Gasteiger charge is 2.13. The number of benzene rings is 1. The maximum absolute atomic E-state index is 12.2. The van der Waals surface area contributed by atoms with Crippen LogP contribution in [0.2, 0.25) is 0 Å². The van der Waals surface area contributed by atoms with Crippen LogP contribution in [0.5, 0.6) is 0 Å². The quantitative estimate of drug-likeness (QED) is 0.803. The van der Waals surface area contributed by atoms with E-state index in [9.17, 15) is 9.59 Å². The molecule has 1 N–H and O–H groups in total. The van der Waals surface area contributed by atoms with Gasteiger partial charge < -0.3 is 14.6 Å². The van der Waals surface area contributed by atoms with E-state index in [1.54, 1.807) is 38.2 Å². The van der Waals surface area contributed by atoms with Crippen molar-refractivity contribution in [3.05, 3.63) is 45.2 Å². The van der Waals surface area contributed by atoms with Gasteiger partial charge in [-0.3, -0.25) is 9.59 Å².